The fourth-order valence-corrected chi connectivity index (χ4v) is 5.67. The van der Waals surface area contributed by atoms with E-state index in [0.717, 1.165) is 17.7 Å². The molecule has 3 heterocycles. The summed E-state index contributed by atoms with van der Waals surface area (Å²) in [5, 5.41) is 5.89. The van der Waals surface area contributed by atoms with Crippen molar-refractivity contribution in [2.75, 3.05) is 5.32 Å². The number of fused-ring (bicyclic) bond motifs is 3. The van der Waals surface area contributed by atoms with Crippen LogP contribution in [0.3, 0.4) is 0 Å². The lowest BCUT2D eigenvalue weighted by Gasteiger charge is -2.32. The van der Waals surface area contributed by atoms with E-state index >= 15 is 0 Å². The highest BCUT2D eigenvalue weighted by Crippen LogP contribution is 2.37. The summed E-state index contributed by atoms with van der Waals surface area (Å²) in [5.74, 6) is 0.494. The average molecular weight is 558 g/mol. The predicted octanol–water partition coefficient (Wildman–Crippen LogP) is 5.05. The van der Waals surface area contributed by atoms with Crippen LogP contribution in [0, 0.1) is 0 Å². The molecular formula is C30H31N5O4S. The summed E-state index contributed by atoms with van der Waals surface area (Å²) in [6.45, 7) is 4.31. The van der Waals surface area contributed by atoms with E-state index in [4.69, 9.17) is 9.41 Å². The van der Waals surface area contributed by atoms with Crippen LogP contribution in [0.25, 0.3) is 0 Å². The zero-order chi connectivity index (χ0) is 28.1. The van der Waals surface area contributed by atoms with Gasteiger partial charge in [-0.3, -0.25) is 19.3 Å². The molecule has 0 spiro atoms. The summed E-state index contributed by atoms with van der Waals surface area (Å²) in [4.78, 5) is 50.0. The van der Waals surface area contributed by atoms with Crippen molar-refractivity contribution in [3.8, 4) is 0 Å². The molecule has 40 heavy (non-hydrogen) atoms. The number of nitrogens with zero attached hydrogens (tertiary/aromatic N) is 3. The topological polar surface area (TPSA) is 116 Å². The number of benzene rings is 2. The second kappa shape index (κ2) is 12.3. The summed E-state index contributed by atoms with van der Waals surface area (Å²) in [6.07, 6.45) is 3.41. The van der Waals surface area contributed by atoms with E-state index in [1.165, 1.54) is 17.3 Å². The number of amidine groups is 2. The molecule has 10 heteroatoms. The van der Waals surface area contributed by atoms with Crippen LogP contribution in [0.4, 0.5) is 11.4 Å². The van der Waals surface area contributed by atoms with E-state index in [0.29, 0.717) is 28.9 Å². The number of aryl methyl sites for hydroxylation is 1. The first-order valence-corrected chi connectivity index (χ1v) is 14.3. The molecule has 5 rings (SSSR count). The van der Waals surface area contributed by atoms with E-state index in [2.05, 4.69) is 22.5 Å². The van der Waals surface area contributed by atoms with Gasteiger partial charge in [0.25, 0.3) is 5.91 Å². The van der Waals surface area contributed by atoms with E-state index in [1.807, 2.05) is 55.5 Å². The molecule has 0 bridgehead atoms. The molecule has 2 unspecified atom stereocenters. The van der Waals surface area contributed by atoms with Gasteiger partial charge in [0.05, 0.1) is 23.7 Å². The third-order valence-electron chi connectivity index (χ3n) is 6.83. The maximum atomic E-state index is 13.3. The zero-order valence-corrected chi connectivity index (χ0v) is 23.2. The fraction of sp³-hybridized carbons (Fsp3) is 0.300. The molecule has 2 aromatic carbocycles. The second-order valence-corrected chi connectivity index (χ2v) is 10.7. The zero-order valence-electron chi connectivity index (χ0n) is 22.4. The van der Waals surface area contributed by atoms with Crippen LogP contribution in [0.5, 0.6) is 0 Å². The SMILES string of the molecule is CCc1ccc(NC(=O)C(CC)SC2=Nc3ccccc3C3=NC(=O)C(CCC(=O)NCc4ccco4)N23)cc1. The molecule has 0 fully saturated rings. The highest BCUT2D eigenvalue weighted by molar-refractivity contribution is 8.15. The Morgan fingerprint density at radius 3 is 2.58 bits per heavy atom. The number of amides is 3. The molecule has 2 N–H and O–H groups in total. The summed E-state index contributed by atoms with van der Waals surface area (Å²) >= 11 is 1.31. The predicted molar refractivity (Wildman–Crippen MR) is 157 cm³/mol. The van der Waals surface area contributed by atoms with E-state index in [-0.39, 0.29) is 37.1 Å². The minimum atomic E-state index is -0.689. The Bertz CT molecular complexity index is 1450. The number of anilines is 1. The minimum absolute atomic E-state index is 0.126. The molecule has 3 aromatic rings. The number of carbonyl (C=O) groups excluding carboxylic acids is 3. The molecule has 9 nitrogen and oxygen atoms in total. The number of nitrogens with one attached hydrogen (secondary N) is 2. The number of carbonyl (C=O) groups is 3. The third-order valence-corrected chi connectivity index (χ3v) is 8.16. The maximum absolute atomic E-state index is 13.3. The quantitative estimate of drug-likeness (QED) is 0.361. The van der Waals surface area contributed by atoms with Crippen LogP contribution < -0.4 is 10.6 Å². The molecule has 3 amide bonds. The lowest BCUT2D eigenvalue weighted by atomic mass is 10.1. The van der Waals surface area contributed by atoms with Gasteiger partial charge < -0.3 is 15.1 Å². The van der Waals surface area contributed by atoms with Gasteiger partial charge >= 0.3 is 0 Å². The van der Waals surface area contributed by atoms with Crippen molar-refractivity contribution >= 4 is 51.9 Å². The Morgan fingerprint density at radius 1 is 1.05 bits per heavy atom. The van der Waals surface area contributed by atoms with E-state index in [9.17, 15) is 14.4 Å². The molecule has 206 valence electrons. The number of para-hydroxylation sites is 1. The van der Waals surface area contributed by atoms with Crippen molar-refractivity contribution in [3.63, 3.8) is 0 Å². The first kappa shape index (κ1) is 27.4. The standard InChI is InChI=1S/C30H31N5O4S/c1-3-19-11-13-20(14-12-19)32-29(38)25(4-2)40-30-33-23-10-6-5-9-22(23)27-34-28(37)24(35(27)30)15-16-26(36)31-18-21-8-7-17-39-21/h5-14,17,24-25H,3-4,15-16,18H2,1-2H3,(H,31,36)(H,32,38). The minimum Gasteiger partial charge on any atom is -0.467 e. The van der Waals surface area contributed by atoms with Gasteiger partial charge in [-0.25, -0.2) is 4.99 Å². The van der Waals surface area contributed by atoms with Crippen molar-refractivity contribution in [2.45, 2.75) is 57.4 Å². The monoisotopic (exact) mass is 557 g/mol. The average Bonchev–Trinajstić information content (AvgIpc) is 3.61. The number of hydrogen-bond donors (Lipinski definition) is 2. The molecule has 0 saturated carbocycles. The molecule has 0 radical (unpaired) electrons. The first-order chi connectivity index (χ1) is 19.5. The second-order valence-electron chi connectivity index (χ2n) is 9.52. The Kier molecular flexibility index (Phi) is 8.45. The lowest BCUT2D eigenvalue weighted by Crippen LogP contribution is -2.45. The number of thioether (sulfide) groups is 1. The van der Waals surface area contributed by atoms with Crippen molar-refractivity contribution in [3.05, 3.63) is 83.8 Å². The fourth-order valence-electron chi connectivity index (χ4n) is 4.61. The molecule has 1 aromatic heterocycles. The molecule has 0 aliphatic carbocycles. The summed E-state index contributed by atoms with van der Waals surface area (Å²) in [5.41, 5.74) is 3.36. The number of aliphatic imine (C=N–C) groups is 2. The summed E-state index contributed by atoms with van der Waals surface area (Å²) in [6, 6.07) is 18.2. The number of hydrogen-bond acceptors (Lipinski definition) is 7. The molecular weight excluding hydrogens is 526 g/mol. The van der Waals surface area contributed by atoms with Crippen LogP contribution >= 0.6 is 11.8 Å². The maximum Gasteiger partial charge on any atom is 0.270 e. The first-order valence-electron chi connectivity index (χ1n) is 13.4. The van der Waals surface area contributed by atoms with Crippen LogP contribution in [0.15, 0.2) is 81.3 Å². The Hall–Kier alpha value is -4.18. The molecule has 2 aliphatic heterocycles. The highest BCUT2D eigenvalue weighted by atomic mass is 32.2. The van der Waals surface area contributed by atoms with E-state index in [1.54, 1.807) is 23.3 Å². The third kappa shape index (κ3) is 6.02. The Morgan fingerprint density at radius 2 is 1.85 bits per heavy atom. The molecule has 0 saturated heterocycles. The smallest absolute Gasteiger partial charge is 0.270 e. The van der Waals surface area contributed by atoms with Crippen molar-refractivity contribution in [1.29, 1.82) is 0 Å². The van der Waals surface area contributed by atoms with Gasteiger partial charge in [0.2, 0.25) is 11.8 Å². The van der Waals surface area contributed by atoms with Crippen LogP contribution in [0.1, 0.15) is 50.0 Å². The van der Waals surface area contributed by atoms with Gasteiger partial charge in [0.1, 0.15) is 17.6 Å². The van der Waals surface area contributed by atoms with Crippen molar-refractivity contribution in [2.24, 2.45) is 9.98 Å². The normalized spacial score (nSPS) is 16.5. The Labute approximate surface area is 237 Å². The number of rotatable bonds is 10. The largest absolute Gasteiger partial charge is 0.467 e. The van der Waals surface area contributed by atoms with Gasteiger partial charge in [-0.2, -0.15) is 4.99 Å². The van der Waals surface area contributed by atoms with Gasteiger partial charge in [-0.1, -0.05) is 49.9 Å². The molecule has 2 atom stereocenters. The lowest BCUT2D eigenvalue weighted by molar-refractivity contribution is -0.122. The van der Waals surface area contributed by atoms with Crippen LogP contribution in [0.2, 0.25) is 0 Å². The highest BCUT2D eigenvalue weighted by Gasteiger charge is 2.42. The number of furan rings is 1. The van der Waals surface area contributed by atoms with Gasteiger partial charge in [0, 0.05) is 17.7 Å². The Balaban J connectivity index is 1.32. The van der Waals surface area contributed by atoms with Gasteiger partial charge in [-0.15, -0.1) is 0 Å². The van der Waals surface area contributed by atoms with Crippen molar-refractivity contribution in [1.82, 2.24) is 10.2 Å². The van der Waals surface area contributed by atoms with Gasteiger partial charge in [-0.05, 0) is 61.2 Å². The van der Waals surface area contributed by atoms with Crippen LogP contribution in [-0.2, 0) is 27.3 Å². The van der Waals surface area contributed by atoms with Crippen molar-refractivity contribution < 1.29 is 18.8 Å². The van der Waals surface area contributed by atoms with E-state index < -0.39 is 11.3 Å². The molecule has 2 aliphatic rings. The van der Waals surface area contributed by atoms with Crippen LogP contribution in [-0.4, -0.2) is 44.9 Å². The van der Waals surface area contributed by atoms with Gasteiger partial charge in [0.15, 0.2) is 5.17 Å². The summed E-state index contributed by atoms with van der Waals surface area (Å²) < 4.78 is 5.26. The summed E-state index contributed by atoms with van der Waals surface area (Å²) in [7, 11) is 0.